The van der Waals surface area contributed by atoms with E-state index in [-0.39, 0.29) is 18.0 Å². The van der Waals surface area contributed by atoms with Gasteiger partial charge in [0.25, 0.3) is 5.56 Å². The number of nitrogens with one attached hydrogen (secondary N) is 1. The van der Waals surface area contributed by atoms with Crippen molar-refractivity contribution in [3.63, 3.8) is 0 Å². The first kappa shape index (κ1) is 21.3. The van der Waals surface area contributed by atoms with Crippen LogP contribution in [0.2, 0.25) is 0 Å². The number of anilines is 1. The summed E-state index contributed by atoms with van der Waals surface area (Å²) in [5.41, 5.74) is 3.68. The van der Waals surface area contributed by atoms with Crippen molar-refractivity contribution in [3.05, 3.63) is 69.7 Å². The highest BCUT2D eigenvalue weighted by Crippen LogP contribution is 2.28. The molecule has 0 bridgehead atoms. The summed E-state index contributed by atoms with van der Waals surface area (Å²) in [6.45, 7) is 5.44. The zero-order valence-electron chi connectivity index (χ0n) is 18.4. The van der Waals surface area contributed by atoms with Gasteiger partial charge in [0.2, 0.25) is 5.91 Å². The van der Waals surface area contributed by atoms with E-state index in [1.54, 1.807) is 26.2 Å². The molecule has 0 aliphatic carbocycles. The molecule has 8 nitrogen and oxygen atoms in total. The Morgan fingerprint density at radius 1 is 1.16 bits per heavy atom. The number of para-hydroxylation sites is 1. The summed E-state index contributed by atoms with van der Waals surface area (Å²) in [6.07, 6.45) is 0.779. The van der Waals surface area contributed by atoms with Crippen LogP contribution in [0.1, 0.15) is 23.8 Å². The molecule has 0 saturated carbocycles. The van der Waals surface area contributed by atoms with E-state index >= 15 is 0 Å². The lowest BCUT2D eigenvalue weighted by Crippen LogP contribution is -2.30. The Morgan fingerprint density at radius 3 is 2.59 bits per heavy atom. The van der Waals surface area contributed by atoms with Gasteiger partial charge in [-0.15, -0.1) is 0 Å². The number of benzene rings is 2. The van der Waals surface area contributed by atoms with Crippen LogP contribution in [0.15, 0.2) is 51.8 Å². The normalized spacial score (nSPS) is 11.0. The van der Waals surface area contributed by atoms with E-state index in [1.807, 2.05) is 44.2 Å². The zero-order chi connectivity index (χ0) is 22.8. The van der Waals surface area contributed by atoms with Crippen molar-refractivity contribution in [3.8, 4) is 17.0 Å². The molecule has 0 aliphatic rings. The second-order valence-electron chi connectivity index (χ2n) is 7.51. The lowest BCUT2D eigenvalue weighted by atomic mass is 10.1. The number of methoxy groups -OCH3 is 1. The lowest BCUT2D eigenvalue weighted by molar-refractivity contribution is -0.117. The van der Waals surface area contributed by atoms with Crippen molar-refractivity contribution in [2.75, 3.05) is 12.4 Å². The first-order valence-electron chi connectivity index (χ1n) is 10.3. The molecule has 1 amide bonds. The quantitative estimate of drug-likeness (QED) is 0.496. The molecule has 2 heterocycles. The summed E-state index contributed by atoms with van der Waals surface area (Å²) >= 11 is 0. The molecule has 2 aromatic carbocycles. The smallest absolute Gasteiger partial charge is 0.297 e. The molecule has 1 N–H and O–H groups in total. The van der Waals surface area contributed by atoms with Crippen LogP contribution in [-0.4, -0.2) is 28.0 Å². The van der Waals surface area contributed by atoms with Gasteiger partial charge in [-0.3, -0.25) is 9.59 Å². The predicted octanol–water partition coefficient (Wildman–Crippen LogP) is 3.88. The van der Waals surface area contributed by atoms with Crippen molar-refractivity contribution in [1.82, 2.24) is 14.9 Å². The standard InChI is InChI=1S/C24H24N4O4/c1-5-16-8-6-7-14(2)21(16)25-19(29)13-28-24(30)23-20(15(3)32-27-23)22(26-28)17-9-11-18(31-4)12-10-17/h6-12H,5,13H2,1-4H3,(H,25,29). The van der Waals surface area contributed by atoms with E-state index in [0.29, 0.717) is 22.6 Å². The molecule has 8 heteroatoms. The van der Waals surface area contributed by atoms with Crippen molar-refractivity contribution < 1.29 is 14.1 Å². The molecule has 32 heavy (non-hydrogen) atoms. The molecule has 2 aromatic heterocycles. The maximum absolute atomic E-state index is 13.0. The van der Waals surface area contributed by atoms with Crippen molar-refractivity contribution in [1.29, 1.82) is 0 Å². The van der Waals surface area contributed by atoms with Crippen LogP contribution in [0.5, 0.6) is 5.75 Å². The fraction of sp³-hybridized carbons (Fsp3) is 0.250. The number of ether oxygens (including phenoxy) is 1. The number of hydrogen-bond donors (Lipinski definition) is 1. The molecule has 4 aromatic rings. The molecule has 0 radical (unpaired) electrons. The number of rotatable bonds is 6. The number of carbonyl (C=O) groups excluding carboxylic acids is 1. The van der Waals surface area contributed by atoms with Gasteiger partial charge < -0.3 is 14.6 Å². The Morgan fingerprint density at radius 2 is 1.91 bits per heavy atom. The summed E-state index contributed by atoms with van der Waals surface area (Å²) in [4.78, 5) is 25.8. The van der Waals surface area contributed by atoms with Crippen LogP contribution >= 0.6 is 0 Å². The largest absolute Gasteiger partial charge is 0.497 e. The number of aryl methyl sites for hydroxylation is 3. The van der Waals surface area contributed by atoms with E-state index in [0.717, 1.165) is 33.5 Å². The summed E-state index contributed by atoms with van der Waals surface area (Å²) in [6, 6.07) is 13.1. The summed E-state index contributed by atoms with van der Waals surface area (Å²) in [5.74, 6) is 0.841. The minimum atomic E-state index is -0.482. The van der Waals surface area contributed by atoms with Crippen LogP contribution in [0, 0.1) is 13.8 Å². The minimum absolute atomic E-state index is 0.140. The van der Waals surface area contributed by atoms with Crippen LogP contribution < -0.4 is 15.6 Å². The number of fused-ring (bicyclic) bond motifs is 1. The maximum atomic E-state index is 13.0. The Labute approximate surface area is 184 Å². The first-order valence-corrected chi connectivity index (χ1v) is 10.3. The van der Waals surface area contributed by atoms with Gasteiger partial charge in [0, 0.05) is 11.3 Å². The molecule has 0 unspecified atom stereocenters. The van der Waals surface area contributed by atoms with Gasteiger partial charge in [-0.1, -0.05) is 30.3 Å². The van der Waals surface area contributed by atoms with Crippen LogP contribution in [0.4, 0.5) is 5.69 Å². The topological polar surface area (TPSA) is 99.2 Å². The van der Waals surface area contributed by atoms with Gasteiger partial charge >= 0.3 is 0 Å². The van der Waals surface area contributed by atoms with E-state index in [4.69, 9.17) is 9.26 Å². The summed E-state index contributed by atoms with van der Waals surface area (Å²) in [7, 11) is 1.59. The van der Waals surface area contributed by atoms with Crippen LogP contribution in [0.3, 0.4) is 0 Å². The van der Waals surface area contributed by atoms with Crippen molar-refractivity contribution in [2.45, 2.75) is 33.7 Å². The number of amides is 1. The molecule has 0 fully saturated rings. The van der Waals surface area contributed by atoms with Gasteiger partial charge in [0.1, 0.15) is 23.7 Å². The van der Waals surface area contributed by atoms with E-state index in [2.05, 4.69) is 15.6 Å². The SMILES string of the molecule is CCc1cccc(C)c1NC(=O)Cn1nc(-c2ccc(OC)cc2)c2c(C)onc2c1=O. The van der Waals surface area contributed by atoms with Crippen LogP contribution in [-0.2, 0) is 17.8 Å². The summed E-state index contributed by atoms with van der Waals surface area (Å²) in [5, 5.41) is 11.9. The number of aromatic nitrogens is 3. The van der Waals surface area contributed by atoms with Crippen LogP contribution in [0.25, 0.3) is 22.2 Å². The van der Waals surface area contributed by atoms with E-state index in [1.165, 1.54) is 0 Å². The second-order valence-corrected chi connectivity index (χ2v) is 7.51. The van der Waals surface area contributed by atoms with Gasteiger partial charge in [-0.2, -0.15) is 5.10 Å². The van der Waals surface area contributed by atoms with Gasteiger partial charge in [-0.25, -0.2) is 4.68 Å². The number of hydrogen-bond acceptors (Lipinski definition) is 6. The average Bonchev–Trinajstić information content (AvgIpc) is 3.19. The molecule has 0 saturated heterocycles. The third-order valence-corrected chi connectivity index (χ3v) is 5.42. The average molecular weight is 432 g/mol. The molecule has 0 aliphatic heterocycles. The first-order chi connectivity index (χ1) is 15.4. The molecule has 0 atom stereocenters. The van der Waals surface area contributed by atoms with Crippen molar-refractivity contribution >= 4 is 22.5 Å². The Balaban J connectivity index is 1.74. The maximum Gasteiger partial charge on any atom is 0.297 e. The van der Waals surface area contributed by atoms with E-state index < -0.39 is 5.56 Å². The number of carbonyl (C=O) groups is 1. The van der Waals surface area contributed by atoms with Gasteiger partial charge in [0.05, 0.1) is 12.5 Å². The third-order valence-electron chi connectivity index (χ3n) is 5.42. The van der Waals surface area contributed by atoms with Gasteiger partial charge in [0.15, 0.2) is 5.52 Å². The predicted molar refractivity (Wildman–Crippen MR) is 122 cm³/mol. The Bertz CT molecular complexity index is 1350. The molecule has 0 spiro atoms. The monoisotopic (exact) mass is 432 g/mol. The van der Waals surface area contributed by atoms with Gasteiger partial charge in [-0.05, 0) is 55.7 Å². The third kappa shape index (κ3) is 3.87. The number of nitrogens with zero attached hydrogens (tertiary/aromatic N) is 3. The highest BCUT2D eigenvalue weighted by atomic mass is 16.5. The minimum Gasteiger partial charge on any atom is -0.497 e. The highest BCUT2D eigenvalue weighted by Gasteiger charge is 2.20. The Hall–Kier alpha value is -3.94. The summed E-state index contributed by atoms with van der Waals surface area (Å²) < 4.78 is 11.6. The fourth-order valence-electron chi connectivity index (χ4n) is 3.71. The Kier molecular flexibility index (Phi) is 5.77. The molecular formula is C24H24N4O4. The molecule has 164 valence electrons. The highest BCUT2D eigenvalue weighted by molar-refractivity contribution is 5.94. The fourth-order valence-corrected chi connectivity index (χ4v) is 3.71. The van der Waals surface area contributed by atoms with E-state index in [9.17, 15) is 9.59 Å². The zero-order valence-corrected chi connectivity index (χ0v) is 18.4. The molecular weight excluding hydrogens is 408 g/mol. The lowest BCUT2D eigenvalue weighted by Gasteiger charge is -2.14. The second kappa shape index (κ2) is 8.66. The van der Waals surface area contributed by atoms with Crippen molar-refractivity contribution in [2.24, 2.45) is 0 Å². The molecule has 4 rings (SSSR count).